The molecule has 1 aliphatic heterocycles. The molecule has 0 bridgehead atoms. The topological polar surface area (TPSA) is 31.4 Å². The second-order valence-corrected chi connectivity index (χ2v) is 15.7. The smallest absolute Gasteiger partial charge is 0.0674 e. The highest BCUT2D eigenvalue weighted by Crippen LogP contribution is 2.49. The van der Waals surface area contributed by atoms with Crippen molar-refractivity contribution < 1.29 is 0 Å². The number of nitrogens with one attached hydrogen (secondary N) is 1. The van der Waals surface area contributed by atoms with Crippen molar-refractivity contribution in [3.05, 3.63) is 181 Å². The maximum atomic E-state index is 4.96. The third-order valence-electron chi connectivity index (χ3n) is 11.0. The van der Waals surface area contributed by atoms with Gasteiger partial charge in [0.2, 0.25) is 0 Å². The summed E-state index contributed by atoms with van der Waals surface area (Å²) >= 11 is 1.86. The van der Waals surface area contributed by atoms with Crippen molar-refractivity contribution in [1.29, 1.82) is 0 Å². The number of thiophene rings is 1. The SMILES string of the molecule is CC1=C(N(c2ccc3sc4cc(N(c5ccc(C)nc5C)c5cccc6ccccc56)c5ccccc5c4c3c2)c2cccc3ccccc23)C=CC(C)N1. The van der Waals surface area contributed by atoms with Gasteiger partial charge in [-0.25, -0.2) is 0 Å². The molecule has 0 spiro atoms. The van der Waals surface area contributed by atoms with Gasteiger partial charge in [0.05, 0.1) is 34.1 Å². The van der Waals surface area contributed by atoms with E-state index in [0.29, 0.717) is 0 Å². The van der Waals surface area contributed by atoms with E-state index in [1.54, 1.807) is 0 Å². The van der Waals surface area contributed by atoms with Crippen LogP contribution in [-0.2, 0) is 0 Å². The van der Waals surface area contributed by atoms with Gasteiger partial charge in [0.1, 0.15) is 0 Å². The number of allylic oxidation sites excluding steroid dienone is 2. The first-order valence-electron chi connectivity index (χ1n) is 19.0. The van der Waals surface area contributed by atoms with Crippen molar-refractivity contribution in [2.75, 3.05) is 9.80 Å². The molecule has 0 saturated heterocycles. The zero-order valence-corrected chi connectivity index (χ0v) is 32.2. The number of fused-ring (bicyclic) bond motifs is 7. The molecule has 1 aliphatic rings. The molecule has 1 unspecified atom stereocenters. The predicted molar refractivity (Wildman–Crippen MR) is 237 cm³/mol. The molecule has 0 fully saturated rings. The number of rotatable bonds is 6. The quantitative estimate of drug-likeness (QED) is 0.185. The van der Waals surface area contributed by atoms with E-state index in [2.05, 4.69) is 201 Å². The molecule has 1 atom stereocenters. The summed E-state index contributed by atoms with van der Waals surface area (Å²) in [5.41, 5.74) is 9.96. The second kappa shape index (κ2) is 13.2. The highest BCUT2D eigenvalue weighted by molar-refractivity contribution is 7.26. The maximum Gasteiger partial charge on any atom is 0.0674 e. The minimum Gasteiger partial charge on any atom is -0.381 e. The van der Waals surface area contributed by atoms with Gasteiger partial charge in [-0.05, 0) is 98.5 Å². The number of benzene rings is 7. The van der Waals surface area contributed by atoms with Crippen LogP contribution in [0.25, 0.3) is 52.5 Å². The number of aryl methyl sites for hydroxylation is 2. The van der Waals surface area contributed by atoms with Crippen LogP contribution in [0.3, 0.4) is 0 Å². The highest BCUT2D eigenvalue weighted by atomic mass is 32.1. The van der Waals surface area contributed by atoms with Crippen molar-refractivity contribution in [2.45, 2.75) is 33.7 Å². The third-order valence-corrected chi connectivity index (χ3v) is 12.1. The van der Waals surface area contributed by atoms with Crippen molar-refractivity contribution in [1.82, 2.24) is 10.3 Å². The fourth-order valence-corrected chi connectivity index (χ4v) is 9.66. The Bertz CT molecular complexity index is 3030. The van der Waals surface area contributed by atoms with E-state index in [1.807, 2.05) is 11.3 Å². The molecule has 3 heterocycles. The molecule has 0 saturated carbocycles. The van der Waals surface area contributed by atoms with Crippen LogP contribution in [0.15, 0.2) is 169 Å². The summed E-state index contributed by atoms with van der Waals surface area (Å²) in [5.74, 6) is 0. The van der Waals surface area contributed by atoms with Gasteiger partial charge in [0.25, 0.3) is 0 Å². The molecular weight excluding hydrogens is 689 g/mol. The van der Waals surface area contributed by atoms with Crippen LogP contribution in [0.5, 0.6) is 0 Å². The minimum absolute atomic E-state index is 0.273. The van der Waals surface area contributed by atoms with Gasteiger partial charge in [-0.3, -0.25) is 4.98 Å². The molecule has 9 aromatic rings. The summed E-state index contributed by atoms with van der Waals surface area (Å²) in [6.07, 6.45) is 4.53. The fourth-order valence-electron chi connectivity index (χ4n) is 8.52. The molecule has 0 radical (unpaired) electrons. The summed E-state index contributed by atoms with van der Waals surface area (Å²) in [6.45, 7) is 8.57. The van der Waals surface area contributed by atoms with Crippen LogP contribution in [-0.4, -0.2) is 11.0 Å². The molecular formula is C50H40N4S. The first kappa shape index (κ1) is 33.2. The normalized spacial score (nSPS) is 14.4. The fraction of sp³-hybridized carbons (Fsp3) is 0.100. The Kier molecular flexibility index (Phi) is 7.93. The summed E-state index contributed by atoms with van der Waals surface area (Å²) < 4.78 is 2.52. The first-order chi connectivity index (χ1) is 26.9. The maximum absolute atomic E-state index is 4.96. The molecule has 55 heavy (non-hydrogen) atoms. The Morgan fingerprint density at radius 2 is 1.18 bits per heavy atom. The zero-order chi connectivity index (χ0) is 37.2. The number of pyridine rings is 1. The summed E-state index contributed by atoms with van der Waals surface area (Å²) in [5, 5.41) is 13.5. The van der Waals surface area contributed by atoms with Crippen molar-refractivity contribution in [2.24, 2.45) is 0 Å². The van der Waals surface area contributed by atoms with Gasteiger partial charge >= 0.3 is 0 Å². The zero-order valence-electron chi connectivity index (χ0n) is 31.3. The van der Waals surface area contributed by atoms with Gasteiger partial charge in [-0.2, -0.15) is 0 Å². The molecule has 0 aliphatic carbocycles. The summed E-state index contributed by atoms with van der Waals surface area (Å²) in [4.78, 5) is 9.83. The Balaban J connectivity index is 1.24. The van der Waals surface area contributed by atoms with E-state index in [4.69, 9.17) is 4.98 Å². The lowest BCUT2D eigenvalue weighted by Crippen LogP contribution is -2.30. The second-order valence-electron chi connectivity index (χ2n) is 14.6. The van der Waals surface area contributed by atoms with E-state index in [-0.39, 0.29) is 6.04 Å². The van der Waals surface area contributed by atoms with Crippen LogP contribution in [0, 0.1) is 13.8 Å². The minimum atomic E-state index is 0.273. The standard InChI is InChI=1S/C50H40N4S/c1-31-23-26-43(33(3)51-31)53(45-21-11-15-35-13-5-7-17-38(35)45)37-25-28-48-42(29-37)50-41-20-10-9-19-40(41)47(30-49(50)55-48)54(44-27-24-32(2)52-34(44)4)46-22-12-16-36-14-6-8-18-39(36)46/h5-31,51H,1-4H3. The molecule has 2 aromatic heterocycles. The predicted octanol–water partition coefficient (Wildman–Crippen LogP) is 13.9. The average Bonchev–Trinajstić information content (AvgIpc) is 3.58. The third kappa shape index (κ3) is 5.54. The Hall–Kier alpha value is -6.43. The Morgan fingerprint density at radius 3 is 1.87 bits per heavy atom. The van der Waals surface area contributed by atoms with Gasteiger partial charge in [-0.15, -0.1) is 11.3 Å². The number of nitrogens with zero attached hydrogens (tertiary/aromatic N) is 3. The van der Waals surface area contributed by atoms with Crippen LogP contribution in [0.4, 0.5) is 28.4 Å². The number of hydrogen-bond acceptors (Lipinski definition) is 5. The van der Waals surface area contributed by atoms with Crippen LogP contribution in [0.1, 0.15) is 25.2 Å². The molecule has 1 N–H and O–H groups in total. The molecule has 266 valence electrons. The highest BCUT2D eigenvalue weighted by Gasteiger charge is 2.25. The lowest BCUT2D eigenvalue weighted by Gasteiger charge is -2.32. The van der Waals surface area contributed by atoms with Gasteiger partial charge in [0, 0.05) is 59.5 Å². The van der Waals surface area contributed by atoms with E-state index >= 15 is 0 Å². The Labute approximate surface area is 325 Å². The summed E-state index contributed by atoms with van der Waals surface area (Å²) in [6, 6.07) is 53.5. The monoisotopic (exact) mass is 728 g/mol. The van der Waals surface area contributed by atoms with Crippen LogP contribution in [0.2, 0.25) is 0 Å². The van der Waals surface area contributed by atoms with E-state index in [0.717, 1.165) is 51.2 Å². The van der Waals surface area contributed by atoms with Crippen molar-refractivity contribution in [3.8, 4) is 0 Å². The lowest BCUT2D eigenvalue weighted by atomic mass is 9.99. The molecule has 0 amide bonds. The van der Waals surface area contributed by atoms with Crippen LogP contribution < -0.4 is 15.1 Å². The molecule has 4 nitrogen and oxygen atoms in total. The van der Waals surface area contributed by atoms with Crippen molar-refractivity contribution >= 4 is 92.3 Å². The number of aromatic nitrogens is 1. The van der Waals surface area contributed by atoms with Gasteiger partial charge in [-0.1, -0.05) is 103 Å². The number of hydrogen-bond donors (Lipinski definition) is 1. The number of anilines is 5. The molecule has 10 rings (SSSR count). The molecule has 7 aromatic carbocycles. The summed E-state index contributed by atoms with van der Waals surface area (Å²) in [7, 11) is 0. The lowest BCUT2D eigenvalue weighted by molar-refractivity contribution is 0.705. The van der Waals surface area contributed by atoms with E-state index in [1.165, 1.54) is 52.5 Å². The van der Waals surface area contributed by atoms with Gasteiger partial charge < -0.3 is 15.1 Å². The largest absolute Gasteiger partial charge is 0.381 e. The average molecular weight is 729 g/mol. The Morgan fingerprint density at radius 1 is 0.545 bits per heavy atom. The first-order valence-corrected chi connectivity index (χ1v) is 19.8. The van der Waals surface area contributed by atoms with Crippen molar-refractivity contribution in [3.63, 3.8) is 0 Å². The van der Waals surface area contributed by atoms with E-state index in [9.17, 15) is 0 Å². The van der Waals surface area contributed by atoms with E-state index < -0.39 is 0 Å². The van der Waals surface area contributed by atoms with Crippen LogP contribution >= 0.6 is 11.3 Å². The molecule has 5 heteroatoms. The number of dihydropyridines is 1. The van der Waals surface area contributed by atoms with Gasteiger partial charge in [0.15, 0.2) is 0 Å².